The fourth-order valence-corrected chi connectivity index (χ4v) is 2.72. The first-order chi connectivity index (χ1) is 8.74. The normalized spacial score (nSPS) is 16.9. The first-order valence-corrected chi connectivity index (χ1v) is 6.54. The summed E-state index contributed by atoms with van der Waals surface area (Å²) in [5.41, 5.74) is 5.39. The molecule has 0 saturated carbocycles. The standard InChI is InChI=1S/C17H18O/c1-12-8-15-10-13(2)17(15)16(9-12)18-11-14-6-4-3-5-7-14/h3-9,13H,10-11H2,1-2H3. The highest BCUT2D eigenvalue weighted by atomic mass is 16.5. The Bertz CT molecular complexity index is 557. The zero-order chi connectivity index (χ0) is 12.5. The summed E-state index contributed by atoms with van der Waals surface area (Å²) in [5, 5.41) is 0. The highest BCUT2D eigenvalue weighted by molar-refractivity contribution is 5.51. The minimum atomic E-state index is 0.645. The van der Waals surface area contributed by atoms with Crippen LogP contribution >= 0.6 is 0 Å². The molecule has 1 aliphatic carbocycles. The molecule has 1 nitrogen and oxygen atoms in total. The van der Waals surface area contributed by atoms with Crippen LogP contribution in [0.3, 0.4) is 0 Å². The predicted octanol–water partition coefficient (Wildman–Crippen LogP) is 4.23. The molecule has 1 unspecified atom stereocenters. The van der Waals surface area contributed by atoms with E-state index in [1.54, 1.807) is 0 Å². The number of hydrogen-bond acceptors (Lipinski definition) is 1. The molecule has 1 aliphatic rings. The summed E-state index contributed by atoms with van der Waals surface area (Å²) in [6.45, 7) is 5.06. The van der Waals surface area contributed by atoms with E-state index < -0.39 is 0 Å². The molecular weight excluding hydrogens is 220 g/mol. The van der Waals surface area contributed by atoms with E-state index in [4.69, 9.17) is 4.74 Å². The molecule has 1 atom stereocenters. The highest BCUT2D eigenvalue weighted by Crippen LogP contribution is 2.42. The minimum absolute atomic E-state index is 0.645. The number of fused-ring (bicyclic) bond motifs is 1. The molecule has 0 saturated heterocycles. The molecule has 0 bridgehead atoms. The van der Waals surface area contributed by atoms with Crippen molar-refractivity contribution in [3.63, 3.8) is 0 Å². The molecule has 3 rings (SSSR count). The monoisotopic (exact) mass is 238 g/mol. The summed E-state index contributed by atoms with van der Waals surface area (Å²) in [6.07, 6.45) is 1.19. The van der Waals surface area contributed by atoms with Gasteiger partial charge in [0.05, 0.1) is 0 Å². The fraction of sp³-hybridized carbons (Fsp3) is 0.294. The maximum atomic E-state index is 6.01. The van der Waals surface area contributed by atoms with Gasteiger partial charge in [-0.25, -0.2) is 0 Å². The quantitative estimate of drug-likeness (QED) is 0.777. The van der Waals surface area contributed by atoms with Crippen molar-refractivity contribution in [2.24, 2.45) is 0 Å². The van der Waals surface area contributed by atoms with Gasteiger partial charge in [-0.2, -0.15) is 0 Å². The van der Waals surface area contributed by atoms with Crippen molar-refractivity contribution in [3.8, 4) is 5.75 Å². The van der Waals surface area contributed by atoms with Crippen molar-refractivity contribution in [2.45, 2.75) is 32.8 Å². The maximum Gasteiger partial charge on any atom is 0.123 e. The van der Waals surface area contributed by atoms with Gasteiger partial charge >= 0.3 is 0 Å². The number of aryl methyl sites for hydroxylation is 1. The summed E-state index contributed by atoms with van der Waals surface area (Å²) in [7, 11) is 0. The first-order valence-electron chi connectivity index (χ1n) is 6.54. The lowest BCUT2D eigenvalue weighted by molar-refractivity contribution is 0.297. The summed E-state index contributed by atoms with van der Waals surface area (Å²) in [6, 6.07) is 14.8. The van der Waals surface area contributed by atoms with Crippen molar-refractivity contribution in [2.75, 3.05) is 0 Å². The van der Waals surface area contributed by atoms with Crippen LogP contribution in [0.4, 0.5) is 0 Å². The average Bonchev–Trinajstić information content (AvgIpc) is 2.36. The van der Waals surface area contributed by atoms with Gasteiger partial charge in [0.25, 0.3) is 0 Å². The maximum absolute atomic E-state index is 6.01. The summed E-state index contributed by atoms with van der Waals surface area (Å²) in [4.78, 5) is 0. The van der Waals surface area contributed by atoms with E-state index >= 15 is 0 Å². The van der Waals surface area contributed by atoms with Crippen LogP contribution in [0, 0.1) is 6.92 Å². The summed E-state index contributed by atoms with van der Waals surface area (Å²) < 4.78 is 6.01. The van der Waals surface area contributed by atoms with E-state index in [9.17, 15) is 0 Å². The van der Waals surface area contributed by atoms with Crippen molar-refractivity contribution >= 4 is 0 Å². The van der Waals surface area contributed by atoms with Crippen LogP contribution in [0.25, 0.3) is 0 Å². The first kappa shape index (κ1) is 11.3. The third kappa shape index (κ3) is 2.01. The fourth-order valence-electron chi connectivity index (χ4n) is 2.72. The molecule has 2 aromatic rings. The third-order valence-corrected chi connectivity index (χ3v) is 3.63. The van der Waals surface area contributed by atoms with Crippen LogP contribution in [0.1, 0.15) is 35.1 Å². The van der Waals surface area contributed by atoms with Gasteiger partial charge in [-0.05, 0) is 42.0 Å². The van der Waals surface area contributed by atoms with E-state index in [1.807, 2.05) is 6.07 Å². The second-order valence-electron chi connectivity index (χ2n) is 5.22. The van der Waals surface area contributed by atoms with Crippen LogP contribution in [0.5, 0.6) is 5.75 Å². The smallest absolute Gasteiger partial charge is 0.123 e. The van der Waals surface area contributed by atoms with E-state index in [1.165, 1.54) is 28.7 Å². The van der Waals surface area contributed by atoms with Crippen molar-refractivity contribution in [1.82, 2.24) is 0 Å². The number of ether oxygens (including phenoxy) is 1. The Balaban J connectivity index is 1.81. The molecule has 2 aromatic carbocycles. The Morgan fingerprint density at radius 1 is 1.17 bits per heavy atom. The molecule has 0 aliphatic heterocycles. The largest absolute Gasteiger partial charge is 0.489 e. The van der Waals surface area contributed by atoms with Crippen LogP contribution in [-0.4, -0.2) is 0 Å². The predicted molar refractivity (Wildman–Crippen MR) is 74.1 cm³/mol. The molecule has 0 fully saturated rings. The van der Waals surface area contributed by atoms with Crippen LogP contribution < -0.4 is 4.74 Å². The topological polar surface area (TPSA) is 9.23 Å². The molecule has 0 N–H and O–H groups in total. The minimum Gasteiger partial charge on any atom is -0.489 e. The van der Waals surface area contributed by atoms with E-state index in [0.717, 1.165) is 5.75 Å². The Kier molecular flexibility index (Phi) is 2.83. The molecule has 0 amide bonds. The van der Waals surface area contributed by atoms with E-state index in [2.05, 4.69) is 50.2 Å². The van der Waals surface area contributed by atoms with Gasteiger partial charge in [0.15, 0.2) is 0 Å². The van der Waals surface area contributed by atoms with E-state index in [-0.39, 0.29) is 0 Å². The Hall–Kier alpha value is -1.76. The Morgan fingerprint density at radius 2 is 1.94 bits per heavy atom. The zero-order valence-electron chi connectivity index (χ0n) is 10.9. The van der Waals surface area contributed by atoms with Crippen LogP contribution in [-0.2, 0) is 13.0 Å². The number of rotatable bonds is 3. The molecule has 0 heterocycles. The second-order valence-corrected chi connectivity index (χ2v) is 5.22. The molecule has 18 heavy (non-hydrogen) atoms. The van der Waals surface area contributed by atoms with Crippen molar-refractivity contribution < 1.29 is 4.74 Å². The molecule has 0 radical (unpaired) electrons. The highest BCUT2D eigenvalue weighted by Gasteiger charge is 2.26. The van der Waals surface area contributed by atoms with E-state index in [0.29, 0.717) is 12.5 Å². The lowest BCUT2D eigenvalue weighted by Gasteiger charge is -2.30. The average molecular weight is 238 g/mol. The van der Waals surface area contributed by atoms with Gasteiger partial charge in [-0.15, -0.1) is 0 Å². The van der Waals surface area contributed by atoms with Gasteiger partial charge in [0.2, 0.25) is 0 Å². The molecule has 0 spiro atoms. The summed E-state index contributed by atoms with van der Waals surface area (Å²) in [5.74, 6) is 1.72. The third-order valence-electron chi connectivity index (χ3n) is 3.63. The van der Waals surface area contributed by atoms with Crippen molar-refractivity contribution in [3.05, 3.63) is 64.7 Å². The van der Waals surface area contributed by atoms with Crippen LogP contribution in [0.15, 0.2) is 42.5 Å². The van der Waals surface area contributed by atoms with Gasteiger partial charge in [0, 0.05) is 5.56 Å². The molecule has 92 valence electrons. The molecule has 1 heteroatoms. The van der Waals surface area contributed by atoms with Crippen LogP contribution in [0.2, 0.25) is 0 Å². The number of hydrogen-bond donors (Lipinski definition) is 0. The van der Waals surface area contributed by atoms with Gasteiger partial charge in [-0.1, -0.05) is 43.3 Å². The second kappa shape index (κ2) is 4.49. The molecule has 0 aromatic heterocycles. The lowest BCUT2D eigenvalue weighted by Crippen LogP contribution is -2.16. The Morgan fingerprint density at radius 3 is 2.67 bits per heavy atom. The van der Waals surface area contributed by atoms with Gasteiger partial charge < -0.3 is 4.74 Å². The zero-order valence-corrected chi connectivity index (χ0v) is 10.9. The molecular formula is C17H18O. The lowest BCUT2D eigenvalue weighted by atomic mass is 9.77. The SMILES string of the molecule is Cc1cc2c(c(OCc3ccccc3)c1)C(C)C2. The van der Waals surface area contributed by atoms with Gasteiger partial charge in [0.1, 0.15) is 12.4 Å². The van der Waals surface area contributed by atoms with Crippen molar-refractivity contribution in [1.29, 1.82) is 0 Å². The Labute approximate surface area is 108 Å². The summed E-state index contributed by atoms with van der Waals surface area (Å²) >= 11 is 0. The number of benzene rings is 2. The van der Waals surface area contributed by atoms with Gasteiger partial charge in [-0.3, -0.25) is 0 Å².